The number of carboxylic acid groups (broad SMARTS) is 1. The topological polar surface area (TPSA) is 99.5 Å². The van der Waals surface area contributed by atoms with E-state index < -0.39 is 17.9 Å². The van der Waals surface area contributed by atoms with E-state index in [2.05, 4.69) is 10.3 Å². The zero-order valence-electron chi connectivity index (χ0n) is 21.2. The molecule has 1 aromatic heterocycles. The minimum Gasteiger partial charge on any atom is -1.00 e. The zero-order chi connectivity index (χ0) is 24.5. The molecular weight excluding hydrogens is 475 g/mol. The predicted molar refractivity (Wildman–Crippen MR) is 140 cm³/mol. The van der Waals surface area contributed by atoms with Crippen molar-refractivity contribution in [3.63, 3.8) is 0 Å². The molecule has 0 bridgehead atoms. The third kappa shape index (κ3) is 8.09. The van der Waals surface area contributed by atoms with Crippen LogP contribution < -0.4 is 24.2 Å². The second-order valence-electron chi connectivity index (χ2n) is 7.88. The van der Waals surface area contributed by atoms with E-state index in [9.17, 15) is 19.8 Å². The smallest absolute Gasteiger partial charge is 1.00 e. The van der Waals surface area contributed by atoms with Crippen LogP contribution in [0, 0.1) is 6.92 Å². The van der Waals surface area contributed by atoms with Crippen LogP contribution in [0.5, 0.6) is 0 Å². The van der Waals surface area contributed by atoms with Crippen LogP contribution in [-0.2, 0) is 11.2 Å². The Labute approximate surface area is 227 Å². The molecule has 0 aliphatic carbocycles. The number of carboxylic acids is 1. The molecule has 2 aromatic carbocycles. The van der Waals surface area contributed by atoms with Crippen molar-refractivity contribution in [1.29, 1.82) is 0 Å². The van der Waals surface area contributed by atoms with Gasteiger partial charge in [0.25, 0.3) is 5.91 Å². The van der Waals surface area contributed by atoms with E-state index in [0.29, 0.717) is 24.2 Å². The number of aliphatic carboxylic acids is 1. The van der Waals surface area contributed by atoms with E-state index in [1.807, 2.05) is 55.7 Å². The molecule has 0 aliphatic rings. The van der Waals surface area contributed by atoms with Crippen LogP contribution in [0.2, 0.25) is 0 Å². The largest absolute Gasteiger partial charge is 1.00 e. The van der Waals surface area contributed by atoms with Crippen LogP contribution in [0.15, 0.2) is 59.7 Å². The van der Waals surface area contributed by atoms with E-state index in [1.54, 1.807) is 17.8 Å². The van der Waals surface area contributed by atoms with Crippen LogP contribution in [0.1, 0.15) is 34.2 Å². The van der Waals surface area contributed by atoms with Gasteiger partial charge in [0.2, 0.25) is 0 Å². The van der Waals surface area contributed by atoms with Crippen LogP contribution in [0.4, 0.5) is 0 Å². The standard InChI is InChI=1S/C26H28N2O4S2.Li.H/c1-17-5-3-4-6-21(17)23-13-18(11-19(15-29)12-20-14-27-16-34-20)7-8-22(23)25(30)28-24(26(31)32)9-10-33-2;;/h3-8,12-14,16,24,29H,9-11,15H2,1-2H3,(H,28,30)(H,31,32);;/q;+1;-1/b19-12-;;/t24-;;/m0../s1. The summed E-state index contributed by atoms with van der Waals surface area (Å²) in [5, 5.41) is 22.1. The summed E-state index contributed by atoms with van der Waals surface area (Å²) < 4.78 is 0. The Morgan fingerprint density at radius 3 is 2.63 bits per heavy atom. The van der Waals surface area contributed by atoms with Crippen molar-refractivity contribution >= 4 is 41.1 Å². The van der Waals surface area contributed by atoms with Crippen molar-refractivity contribution in [1.82, 2.24) is 10.3 Å². The van der Waals surface area contributed by atoms with E-state index in [4.69, 9.17) is 0 Å². The summed E-state index contributed by atoms with van der Waals surface area (Å²) in [7, 11) is 0. The molecule has 35 heavy (non-hydrogen) atoms. The number of carbonyl (C=O) groups is 2. The summed E-state index contributed by atoms with van der Waals surface area (Å²) in [6.07, 6.45) is 6.44. The third-order valence-electron chi connectivity index (χ3n) is 5.41. The first-order valence-electron chi connectivity index (χ1n) is 10.8. The van der Waals surface area contributed by atoms with E-state index in [-0.39, 0.29) is 26.9 Å². The molecule has 0 radical (unpaired) electrons. The number of aromatic nitrogens is 1. The number of aryl methyl sites for hydroxylation is 1. The SMILES string of the molecule is CSCC[C@H](NC(=O)c1ccc(C/C(=C/c2cncs2)CO)cc1-c1ccccc1C)C(=O)O.[H-].[Li+]. The molecule has 1 amide bonds. The average Bonchev–Trinajstić information content (AvgIpc) is 3.34. The van der Waals surface area contributed by atoms with Gasteiger partial charge < -0.3 is 17.0 Å². The van der Waals surface area contributed by atoms with Crippen LogP contribution in [0.3, 0.4) is 0 Å². The summed E-state index contributed by atoms with van der Waals surface area (Å²) in [6, 6.07) is 12.4. The fraction of sp³-hybridized carbons (Fsp3) is 0.269. The maximum absolute atomic E-state index is 13.2. The van der Waals surface area contributed by atoms with Gasteiger partial charge in [-0.3, -0.25) is 9.78 Å². The van der Waals surface area contributed by atoms with Crippen molar-refractivity contribution in [3.05, 3.63) is 81.3 Å². The fourth-order valence-corrected chi connectivity index (χ4v) is 4.71. The summed E-state index contributed by atoms with van der Waals surface area (Å²) in [4.78, 5) is 29.9. The minimum atomic E-state index is -1.04. The Balaban J connectivity index is 0.00000324. The number of aliphatic hydroxyl groups excluding tert-OH is 1. The number of hydrogen-bond acceptors (Lipinski definition) is 6. The van der Waals surface area contributed by atoms with Crippen molar-refractivity contribution in [3.8, 4) is 11.1 Å². The second kappa shape index (κ2) is 14.3. The van der Waals surface area contributed by atoms with E-state index in [1.165, 1.54) is 23.1 Å². The van der Waals surface area contributed by atoms with Crippen molar-refractivity contribution in [2.45, 2.75) is 25.8 Å². The number of aliphatic hydroxyl groups is 1. The quantitative estimate of drug-likeness (QED) is 0.345. The van der Waals surface area contributed by atoms with Gasteiger partial charge in [0.1, 0.15) is 6.04 Å². The molecule has 0 saturated heterocycles. The van der Waals surface area contributed by atoms with Gasteiger partial charge in [0.15, 0.2) is 0 Å². The van der Waals surface area contributed by atoms with Crippen LogP contribution in [0.25, 0.3) is 17.2 Å². The number of amides is 1. The first-order chi connectivity index (χ1) is 16.4. The molecule has 0 aliphatic heterocycles. The number of nitrogens with one attached hydrogen (secondary N) is 1. The Morgan fingerprint density at radius 2 is 2.00 bits per heavy atom. The third-order valence-corrected chi connectivity index (χ3v) is 6.78. The van der Waals surface area contributed by atoms with Gasteiger partial charge in [0, 0.05) is 16.6 Å². The molecule has 3 N–H and O–H groups in total. The van der Waals surface area contributed by atoms with E-state index >= 15 is 0 Å². The normalized spacial score (nSPS) is 12.0. The van der Waals surface area contributed by atoms with Crippen molar-refractivity contribution in [2.75, 3.05) is 18.6 Å². The number of thiazole rings is 1. The van der Waals surface area contributed by atoms with Gasteiger partial charge in [0.05, 0.1) is 12.1 Å². The van der Waals surface area contributed by atoms with Gasteiger partial charge >= 0.3 is 24.8 Å². The number of nitrogens with zero attached hydrogens (tertiary/aromatic N) is 1. The maximum atomic E-state index is 13.2. The van der Waals surface area contributed by atoms with Gasteiger partial charge in [-0.05, 0) is 71.7 Å². The van der Waals surface area contributed by atoms with Gasteiger partial charge in [-0.25, -0.2) is 4.79 Å². The summed E-state index contributed by atoms with van der Waals surface area (Å²) >= 11 is 3.04. The minimum absolute atomic E-state index is 0. The molecule has 0 unspecified atom stereocenters. The zero-order valence-corrected chi connectivity index (χ0v) is 21.8. The average molecular weight is 505 g/mol. The molecule has 3 aromatic rings. The maximum Gasteiger partial charge on any atom is 1.00 e. The molecule has 180 valence electrons. The van der Waals surface area contributed by atoms with Gasteiger partial charge in [-0.2, -0.15) is 11.8 Å². The summed E-state index contributed by atoms with van der Waals surface area (Å²) in [5.74, 6) is -0.824. The second-order valence-corrected chi connectivity index (χ2v) is 9.79. The number of rotatable bonds is 11. The Kier molecular flexibility index (Phi) is 11.8. The monoisotopic (exact) mass is 504 g/mol. The summed E-state index contributed by atoms with van der Waals surface area (Å²) in [5.41, 5.74) is 6.59. The van der Waals surface area contributed by atoms with Crippen molar-refractivity contribution < 1.29 is 40.1 Å². The molecule has 0 saturated carbocycles. The number of carbonyl (C=O) groups excluding carboxylic acids is 1. The molecule has 0 fully saturated rings. The molecule has 0 spiro atoms. The van der Waals surface area contributed by atoms with Gasteiger partial charge in [-0.1, -0.05) is 36.4 Å². The number of hydrogen-bond donors (Lipinski definition) is 3. The Bertz CT molecular complexity index is 1170. The number of thioether (sulfide) groups is 1. The van der Waals surface area contributed by atoms with E-state index in [0.717, 1.165) is 32.7 Å². The first-order valence-corrected chi connectivity index (χ1v) is 13.1. The molecule has 1 heterocycles. The molecule has 6 nitrogen and oxygen atoms in total. The van der Waals surface area contributed by atoms with Crippen molar-refractivity contribution in [2.24, 2.45) is 0 Å². The molecule has 3 rings (SSSR count). The molecular formula is C26H29LiN2O4S2. The summed E-state index contributed by atoms with van der Waals surface area (Å²) in [6.45, 7) is 1.89. The van der Waals surface area contributed by atoms with Crippen LogP contribution >= 0.6 is 23.1 Å². The molecule has 1 atom stereocenters. The van der Waals surface area contributed by atoms with Crippen LogP contribution in [-0.4, -0.2) is 51.7 Å². The number of benzene rings is 2. The fourth-order valence-electron chi connectivity index (χ4n) is 3.64. The Morgan fingerprint density at radius 1 is 1.23 bits per heavy atom. The first kappa shape index (κ1) is 28.9. The molecule has 9 heteroatoms. The van der Waals surface area contributed by atoms with Gasteiger partial charge in [-0.15, -0.1) is 11.3 Å². The predicted octanol–water partition coefficient (Wildman–Crippen LogP) is 1.79. The Hall–Kier alpha value is -2.34.